The molecule has 2 heterocycles. The molecule has 2 saturated heterocycles. The van der Waals surface area contributed by atoms with Crippen LogP contribution in [0.5, 0.6) is 0 Å². The Balaban J connectivity index is 1.35. The Hall–Kier alpha value is -1.72. The summed E-state index contributed by atoms with van der Waals surface area (Å²) >= 11 is 1.86. The first kappa shape index (κ1) is 25.5. The number of alkyl carbamates (subject to hydrolysis) is 1. The number of fused-ring (bicyclic) bond motifs is 1. The SMILES string of the molecule is CC(C)(C)OC(=O)NCCOCCOCCNC(=O)CCC[C@@H]1SC[C@@H]2NC(=O)N[C@@H]21. The molecule has 3 atom stereocenters. The van der Waals surface area contributed by atoms with E-state index in [0.717, 1.165) is 18.6 Å². The minimum Gasteiger partial charge on any atom is -0.444 e. The second-order valence-corrected chi connectivity index (χ2v) is 9.79. The number of hydrogen-bond acceptors (Lipinski definition) is 7. The van der Waals surface area contributed by atoms with Crippen LogP contribution in [0.25, 0.3) is 0 Å². The average molecular weight is 461 g/mol. The molecule has 0 radical (unpaired) electrons. The number of urea groups is 1. The van der Waals surface area contributed by atoms with Crippen molar-refractivity contribution in [2.45, 2.75) is 63.0 Å². The first-order valence-corrected chi connectivity index (χ1v) is 11.9. The highest BCUT2D eigenvalue weighted by molar-refractivity contribution is 8.00. The van der Waals surface area contributed by atoms with Gasteiger partial charge in [0, 0.05) is 30.5 Å². The number of thioether (sulfide) groups is 1. The summed E-state index contributed by atoms with van der Waals surface area (Å²) in [5.74, 6) is 0.947. The number of hydrogen-bond donors (Lipinski definition) is 4. The minimum atomic E-state index is -0.515. The van der Waals surface area contributed by atoms with E-state index in [1.165, 1.54) is 0 Å². The third-order valence-corrected chi connectivity index (χ3v) is 6.19. The van der Waals surface area contributed by atoms with Crippen molar-refractivity contribution < 1.29 is 28.6 Å². The van der Waals surface area contributed by atoms with Gasteiger partial charge in [-0.15, -0.1) is 0 Å². The largest absolute Gasteiger partial charge is 0.444 e. The second-order valence-electron chi connectivity index (χ2n) is 8.52. The molecule has 178 valence electrons. The molecule has 0 spiro atoms. The molecule has 2 aliphatic rings. The van der Waals surface area contributed by atoms with Gasteiger partial charge in [0.15, 0.2) is 0 Å². The molecule has 2 aliphatic heterocycles. The van der Waals surface area contributed by atoms with E-state index < -0.39 is 11.7 Å². The van der Waals surface area contributed by atoms with E-state index in [4.69, 9.17) is 14.2 Å². The van der Waals surface area contributed by atoms with Gasteiger partial charge in [0.1, 0.15) is 5.60 Å². The third kappa shape index (κ3) is 10.4. The fourth-order valence-electron chi connectivity index (χ4n) is 3.32. The molecular formula is C20H36N4O6S. The standard InChI is InChI=1S/C20H36N4O6S/c1-20(2,3)30-19(27)22-8-10-29-12-11-28-9-7-21-16(25)6-4-5-15-17-14(13-31-15)23-18(26)24-17/h14-15,17H,4-13H2,1-3H3,(H,21,25)(H,22,27)(H2,23,24,26)/t14-,15-,17-/m0/s1. The van der Waals surface area contributed by atoms with Gasteiger partial charge in [-0.3, -0.25) is 4.79 Å². The van der Waals surface area contributed by atoms with Crippen LogP contribution in [0.15, 0.2) is 0 Å². The van der Waals surface area contributed by atoms with Crippen molar-refractivity contribution in [2.24, 2.45) is 0 Å². The van der Waals surface area contributed by atoms with Crippen LogP contribution >= 0.6 is 11.8 Å². The van der Waals surface area contributed by atoms with Crippen molar-refractivity contribution >= 4 is 29.8 Å². The molecule has 2 rings (SSSR count). The summed E-state index contributed by atoms with van der Waals surface area (Å²) in [6.07, 6.45) is 1.73. The summed E-state index contributed by atoms with van der Waals surface area (Å²) in [6.45, 7) is 7.88. The smallest absolute Gasteiger partial charge is 0.407 e. The molecule has 0 aliphatic carbocycles. The molecule has 31 heavy (non-hydrogen) atoms. The van der Waals surface area contributed by atoms with E-state index in [0.29, 0.717) is 51.2 Å². The molecule has 4 N–H and O–H groups in total. The highest BCUT2D eigenvalue weighted by Crippen LogP contribution is 2.32. The van der Waals surface area contributed by atoms with Crippen molar-refractivity contribution in [3.05, 3.63) is 0 Å². The maximum atomic E-state index is 11.9. The number of nitrogens with one attached hydrogen (secondary N) is 4. The van der Waals surface area contributed by atoms with Gasteiger partial charge < -0.3 is 35.5 Å². The van der Waals surface area contributed by atoms with Gasteiger partial charge in [-0.05, 0) is 33.6 Å². The lowest BCUT2D eigenvalue weighted by Crippen LogP contribution is -2.37. The summed E-state index contributed by atoms with van der Waals surface area (Å²) in [7, 11) is 0. The molecule has 0 aromatic rings. The first-order valence-electron chi connectivity index (χ1n) is 10.8. The van der Waals surface area contributed by atoms with Gasteiger partial charge in [0.2, 0.25) is 5.91 Å². The van der Waals surface area contributed by atoms with Crippen molar-refractivity contribution in [3.8, 4) is 0 Å². The van der Waals surface area contributed by atoms with Gasteiger partial charge in [-0.2, -0.15) is 11.8 Å². The van der Waals surface area contributed by atoms with Gasteiger partial charge in [-0.25, -0.2) is 9.59 Å². The van der Waals surface area contributed by atoms with E-state index in [1.54, 1.807) is 0 Å². The molecule has 0 bridgehead atoms. The Morgan fingerprint density at radius 1 is 1.06 bits per heavy atom. The van der Waals surface area contributed by atoms with Crippen molar-refractivity contribution in [1.29, 1.82) is 0 Å². The summed E-state index contributed by atoms with van der Waals surface area (Å²) in [4.78, 5) is 34.7. The molecule has 0 unspecified atom stereocenters. The highest BCUT2D eigenvalue weighted by Gasteiger charge is 2.42. The Bertz CT molecular complexity index is 601. The molecule has 2 fully saturated rings. The Labute approximate surface area is 188 Å². The lowest BCUT2D eigenvalue weighted by molar-refractivity contribution is -0.121. The quantitative estimate of drug-likeness (QED) is 0.238. The second kappa shape index (κ2) is 13.0. The zero-order chi connectivity index (χ0) is 22.7. The monoisotopic (exact) mass is 460 g/mol. The summed E-state index contributed by atoms with van der Waals surface area (Å²) in [5.41, 5.74) is -0.515. The maximum absolute atomic E-state index is 11.9. The average Bonchev–Trinajstić information content (AvgIpc) is 3.21. The molecule has 10 nitrogen and oxygen atoms in total. The Morgan fingerprint density at radius 3 is 2.42 bits per heavy atom. The molecule has 0 saturated carbocycles. The normalized spacial score (nSPS) is 22.4. The fourth-order valence-corrected chi connectivity index (χ4v) is 4.86. The van der Waals surface area contributed by atoms with Crippen molar-refractivity contribution in [1.82, 2.24) is 21.3 Å². The van der Waals surface area contributed by atoms with Crippen LogP contribution in [0.3, 0.4) is 0 Å². The summed E-state index contributed by atoms with van der Waals surface area (Å²) < 4.78 is 15.9. The number of carbonyl (C=O) groups is 3. The predicted molar refractivity (Wildman–Crippen MR) is 118 cm³/mol. The van der Waals surface area contributed by atoms with Crippen LogP contribution in [0, 0.1) is 0 Å². The Kier molecular flexibility index (Phi) is 10.7. The zero-order valence-corrected chi connectivity index (χ0v) is 19.5. The molecular weight excluding hydrogens is 424 g/mol. The van der Waals surface area contributed by atoms with E-state index in [9.17, 15) is 14.4 Å². The van der Waals surface area contributed by atoms with E-state index in [2.05, 4.69) is 21.3 Å². The fraction of sp³-hybridized carbons (Fsp3) is 0.850. The van der Waals surface area contributed by atoms with Crippen LogP contribution in [0.2, 0.25) is 0 Å². The lowest BCUT2D eigenvalue weighted by Gasteiger charge is -2.19. The third-order valence-electron chi connectivity index (χ3n) is 4.69. The van der Waals surface area contributed by atoms with Gasteiger partial charge in [0.05, 0.1) is 38.5 Å². The summed E-state index contributed by atoms with van der Waals surface area (Å²) in [5, 5.41) is 11.7. The van der Waals surface area contributed by atoms with Crippen LogP contribution in [-0.2, 0) is 19.0 Å². The number of rotatable bonds is 13. The number of carbonyl (C=O) groups excluding carboxylic acids is 3. The van der Waals surface area contributed by atoms with Crippen molar-refractivity contribution in [3.63, 3.8) is 0 Å². The van der Waals surface area contributed by atoms with E-state index in [1.807, 2.05) is 32.5 Å². The van der Waals surface area contributed by atoms with Crippen LogP contribution in [0.4, 0.5) is 9.59 Å². The van der Waals surface area contributed by atoms with Crippen LogP contribution < -0.4 is 21.3 Å². The molecule has 4 amide bonds. The lowest BCUT2D eigenvalue weighted by atomic mass is 10.0. The molecule has 11 heteroatoms. The highest BCUT2D eigenvalue weighted by atomic mass is 32.2. The molecule has 0 aromatic carbocycles. The van der Waals surface area contributed by atoms with Gasteiger partial charge in [0.25, 0.3) is 0 Å². The van der Waals surface area contributed by atoms with Gasteiger partial charge >= 0.3 is 12.1 Å². The van der Waals surface area contributed by atoms with Crippen LogP contribution in [-0.4, -0.2) is 86.2 Å². The zero-order valence-electron chi connectivity index (χ0n) is 18.7. The number of ether oxygens (including phenoxy) is 3. The van der Waals surface area contributed by atoms with Crippen molar-refractivity contribution in [2.75, 3.05) is 45.3 Å². The molecule has 0 aromatic heterocycles. The minimum absolute atomic E-state index is 0.0150. The predicted octanol–water partition coefficient (Wildman–Crippen LogP) is 0.996. The number of amides is 4. The summed E-state index contributed by atoms with van der Waals surface area (Å²) in [6, 6.07) is 0.323. The van der Waals surface area contributed by atoms with E-state index >= 15 is 0 Å². The van der Waals surface area contributed by atoms with Crippen LogP contribution in [0.1, 0.15) is 40.0 Å². The topological polar surface area (TPSA) is 127 Å². The van der Waals surface area contributed by atoms with E-state index in [-0.39, 0.29) is 24.0 Å². The first-order chi connectivity index (χ1) is 14.7. The Morgan fingerprint density at radius 2 is 1.74 bits per heavy atom. The maximum Gasteiger partial charge on any atom is 0.407 e. The van der Waals surface area contributed by atoms with Gasteiger partial charge in [-0.1, -0.05) is 0 Å².